The molecule has 3 nitrogen and oxygen atoms in total. The lowest BCUT2D eigenvalue weighted by molar-refractivity contribution is -0.132. The van der Waals surface area contributed by atoms with Gasteiger partial charge < -0.3 is 10.2 Å². The minimum absolute atomic E-state index is 0.0749. The first-order valence-corrected chi connectivity index (χ1v) is 8.13. The van der Waals surface area contributed by atoms with E-state index in [4.69, 9.17) is 11.6 Å². The summed E-state index contributed by atoms with van der Waals surface area (Å²) in [4.78, 5) is 15.7. The van der Waals surface area contributed by atoms with Crippen LogP contribution in [0.25, 0.3) is 0 Å². The van der Waals surface area contributed by atoms with Crippen LogP contribution in [-0.4, -0.2) is 36.0 Å². The van der Waals surface area contributed by atoms with Gasteiger partial charge in [-0.2, -0.15) is 0 Å². The molecule has 0 saturated carbocycles. The van der Waals surface area contributed by atoms with Gasteiger partial charge in [-0.15, -0.1) is 11.3 Å². The normalized spacial score (nSPS) is 28.2. The van der Waals surface area contributed by atoms with E-state index in [0.717, 1.165) is 28.7 Å². The Morgan fingerprint density at radius 1 is 1.42 bits per heavy atom. The van der Waals surface area contributed by atoms with E-state index in [-0.39, 0.29) is 11.8 Å². The maximum Gasteiger partial charge on any atom is 0.230 e. The molecule has 2 aliphatic heterocycles. The topological polar surface area (TPSA) is 32.3 Å². The molecule has 0 aliphatic carbocycles. The van der Waals surface area contributed by atoms with Crippen molar-refractivity contribution < 1.29 is 4.79 Å². The number of hydrogen-bond donors (Lipinski definition) is 1. The summed E-state index contributed by atoms with van der Waals surface area (Å²) in [6, 6.07) is 4.96. The number of hydrogen-bond acceptors (Lipinski definition) is 3. The molecule has 3 rings (SSSR count). The van der Waals surface area contributed by atoms with Gasteiger partial charge in [-0.25, -0.2) is 0 Å². The largest absolute Gasteiger partial charge is 0.341 e. The van der Waals surface area contributed by atoms with Gasteiger partial charge in [-0.1, -0.05) is 11.6 Å². The van der Waals surface area contributed by atoms with Gasteiger partial charge in [-0.05, 0) is 38.3 Å². The molecular weight excluding hydrogens is 280 g/mol. The maximum absolute atomic E-state index is 12.6. The quantitative estimate of drug-likeness (QED) is 0.910. The summed E-state index contributed by atoms with van der Waals surface area (Å²) in [5.41, 5.74) is 0. The molecule has 0 radical (unpaired) electrons. The van der Waals surface area contributed by atoms with Crippen molar-refractivity contribution in [2.24, 2.45) is 0 Å². The van der Waals surface area contributed by atoms with Gasteiger partial charge in [0, 0.05) is 30.1 Å². The summed E-state index contributed by atoms with van der Waals surface area (Å²) in [6.45, 7) is 3.73. The second kappa shape index (κ2) is 5.43. The second-order valence-electron chi connectivity index (χ2n) is 5.57. The molecule has 5 heteroatoms. The number of carbonyl (C=O) groups excluding carboxylic acids is 1. The predicted molar refractivity (Wildman–Crippen MR) is 78.9 cm³/mol. The number of nitrogens with one attached hydrogen (secondary N) is 1. The smallest absolute Gasteiger partial charge is 0.230 e. The molecule has 3 heterocycles. The molecule has 1 amide bonds. The zero-order chi connectivity index (χ0) is 13.4. The van der Waals surface area contributed by atoms with E-state index in [2.05, 4.69) is 5.32 Å². The van der Waals surface area contributed by atoms with Crippen LogP contribution in [0.3, 0.4) is 0 Å². The van der Waals surface area contributed by atoms with Crippen molar-refractivity contribution in [3.05, 3.63) is 21.3 Å². The highest BCUT2D eigenvalue weighted by molar-refractivity contribution is 7.16. The van der Waals surface area contributed by atoms with Gasteiger partial charge in [-0.3, -0.25) is 4.79 Å². The lowest BCUT2D eigenvalue weighted by Crippen LogP contribution is -2.40. The van der Waals surface area contributed by atoms with Crippen LogP contribution in [0.5, 0.6) is 0 Å². The number of amides is 1. The van der Waals surface area contributed by atoms with Crippen molar-refractivity contribution in [2.45, 2.75) is 44.2 Å². The summed E-state index contributed by atoms with van der Waals surface area (Å²) >= 11 is 7.47. The molecule has 1 aromatic rings. The molecule has 0 aromatic carbocycles. The number of carbonyl (C=O) groups is 1. The minimum Gasteiger partial charge on any atom is -0.341 e. The molecule has 2 bridgehead atoms. The molecule has 3 atom stereocenters. The Balaban J connectivity index is 1.69. The van der Waals surface area contributed by atoms with Crippen LogP contribution in [0.4, 0.5) is 0 Å². The molecule has 0 spiro atoms. The van der Waals surface area contributed by atoms with Crippen LogP contribution in [0.2, 0.25) is 4.34 Å². The molecule has 104 valence electrons. The Bertz CT molecular complexity index is 476. The van der Waals surface area contributed by atoms with Gasteiger partial charge in [0.05, 0.1) is 10.3 Å². The summed E-state index contributed by atoms with van der Waals surface area (Å²) in [5, 5.41) is 3.61. The van der Waals surface area contributed by atoms with E-state index in [1.165, 1.54) is 24.2 Å². The molecule has 1 aromatic heterocycles. The Morgan fingerprint density at radius 3 is 2.95 bits per heavy atom. The van der Waals surface area contributed by atoms with E-state index in [1.807, 2.05) is 24.0 Å². The third kappa shape index (κ3) is 2.81. The lowest BCUT2D eigenvalue weighted by Gasteiger charge is -2.26. The monoisotopic (exact) mass is 298 g/mol. The summed E-state index contributed by atoms with van der Waals surface area (Å²) in [5.74, 6) is 0.169. The summed E-state index contributed by atoms with van der Waals surface area (Å²) in [6.07, 6.45) is 3.55. The van der Waals surface area contributed by atoms with Crippen LogP contribution in [0.1, 0.15) is 37.0 Å². The molecule has 19 heavy (non-hydrogen) atoms. The SMILES string of the molecule is CC(C(=O)N1CCC2CCC(C1)N2)c1ccc(Cl)s1. The molecule has 2 aliphatic rings. The van der Waals surface area contributed by atoms with E-state index < -0.39 is 0 Å². The highest BCUT2D eigenvalue weighted by Gasteiger charge is 2.33. The third-order valence-corrected chi connectivity index (χ3v) is 5.64. The zero-order valence-corrected chi connectivity index (χ0v) is 12.6. The average molecular weight is 299 g/mol. The summed E-state index contributed by atoms with van der Waals surface area (Å²) < 4.78 is 0.756. The average Bonchev–Trinajstić information content (AvgIpc) is 2.94. The highest BCUT2D eigenvalue weighted by Crippen LogP contribution is 2.30. The Morgan fingerprint density at radius 2 is 2.21 bits per heavy atom. The Labute approximate surface area is 122 Å². The number of rotatable bonds is 2. The van der Waals surface area contributed by atoms with E-state index in [0.29, 0.717) is 12.1 Å². The van der Waals surface area contributed by atoms with Gasteiger partial charge in [0.25, 0.3) is 0 Å². The van der Waals surface area contributed by atoms with Gasteiger partial charge in [0.2, 0.25) is 5.91 Å². The van der Waals surface area contributed by atoms with Crippen molar-refractivity contribution in [3.63, 3.8) is 0 Å². The fourth-order valence-electron chi connectivity index (χ4n) is 3.10. The highest BCUT2D eigenvalue weighted by atomic mass is 35.5. The van der Waals surface area contributed by atoms with Gasteiger partial charge in [0.15, 0.2) is 0 Å². The predicted octanol–water partition coefficient (Wildman–Crippen LogP) is 2.86. The Hall–Kier alpha value is -0.580. The standard InChI is InChI=1S/C14H19ClN2OS/c1-9(12-4-5-13(15)19-12)14(18)17-7-6-10-2-3-11(8-17)16-10/h4-5,9-11,16H,2-3,6-8H2,1H3. The number of likely N-dealkylation sites (tertiary alicyclic amines) is 1. The number of fused-ring (bicyclic) bond motifs is 2. The van der Waals surface area contributed by atoms with Crippen molar-refractivity contribution in [1.29, 1.82) is 0 Å². The first-order valence-electron chi connectivity index (χ1n) is 6.93. The van der Waals surface area contributed by atoms with Crippen molar-refractivity contribution in [1.82, 2.24) is 10.2 Å². The summed E-state index contributed by atoms with van der Waals surface area (Å²) in [7, 11) is 0. The van der Waals surface area contributed by atoms with Crippen LogP contribution in [0.15, 0.2) is 12.1 Å². The van der Waals surface area contributed by atoms with Crippen molar-refractivity contribution >= 4 is 28.8 Å². The fraction of sp³-hybridized carbons (Fsp3) is 0.643. The first kappa shape index (κ1) is 13.4. The number of halogens is 1. The van der Waals surface area contributed by atoms with Crippen LogP contribution in [0, 0.1) is 0 Å². The number of thiophene rings is 1. The van der Waals surface area contributed by atoms with Gasteiger partial charge >= 0.3 is 0 Å². The molecular formula is C14H19ClN2OS. The fourth-order valence-corrected chi connectivity index (χ4v) is 4.20. The van der Waals surface area contributed by atoms with Crippen LogP contribution < -0.4 is 5.32 Å². The number of nitrogens with zero attached hydrogens (tertiary/aromatic N) is 1. The molecule has 2 saturated heterocycles. The van der Waals surface area contributed by atoms with Gasteiger partial charge in [0.1, 0.15) is 0 Å². The third-order valence-electron chi connectivity index (χ3n) is 4.23. The maximum atomic E-state index is 12.6. The Kier molecular flexibility index (Phi) is 3.83. The molecule has 2 fully saturated rings. The van der Waals surface area contributed by atoms with Crippen molar-refractivity contribution in [3.8, 4) is 0 Å². The second-order valence-corrected chi connectivity index (χ2v) is 7.32. The van der Waals surface area contributed by atoms with E-state index >= 15 is 0 Å². The zero-order valence-electron chi connectivity index (χ0n) is 11.1. The molecule has 3 unspecified atom stereocenters. The molecule has 1 N–H and O–H groups in total. The van der Waals surface area contributed by atoms with Crippen LogP contribution in [-0.2, 0) is 4.79 Å². The van der Waals surface area contributed by atoms with E-state index in [9.17, 15) is 4.79 Å². The lowest BCUT2D eigenvalue weighted by atomic mass is 10.0. The van der Waals surface area contributed by atoms with Crippen molar-refractivity contribution in [2.75, 3.05) is 13.1 Å². The van der Waals surface area contributed by atoms with E-state index in [1.54, 1.807) is 0 Å². The minimum atomic E-state index is -0.0749. The van der Waals surface area contributed by atoms with Crippen LogP contribution >= 0.6 is 22.9 Å². The first-order chi connectivity index (χ1) is 9.13.